The van der Waals surface area contributed by atoms with Gasteiger partial charge in [0.25, 0.3) is 0 Å². The van der Waals surface area contributed by atoms with Gasteiger partial charge in [0.05, 0.1) is 6.04 Å². The second-order valence-corrected chi connectivity index (χ2v) is 8.02. The van der Waals surface area contributed by atoms with Crippen LogP contribution in [0.4, 0.5) is 5.69 Å². The van der Waals surface area contributed by atoms with Crippen molar-refractivity contribution in [2.24, 2.45) is 0 Å². The topological polar surface area (TPSA) is 90.0 Å². The van der Waals surface area contributed by atoms with Gasteiger partial charge in [-0.15, -0.1) is 0 Å². The lowest BCUT2D eigenvalue weighted by Crippen LogP contribution is -2.51. The molecule has 162 valence electrons. The van der Waals surface area contributed by atoms with E-state index in [0.29, 0.717) is 31.4 Å². The molecule has 2 aliphatic heterocycles. The Morgan fingerprint density at radius 1 is 1.17 bits per heavy atom. The number of nitrogens with one attached hydrogen (secondary N) is 1. The number of carbonyl (C=O) groups is 4. The number of hydrogen-bond donors (Lipinski definition) is 1. The first-order valence-corrected chi connectivity index (χ1v) is 10.5. The molecule has 8 nitrogen and oxygen atoms in total. The van der Waals surface area contributed by atoms with Crippen molar-refractivity contribution in [2.45, 2.75) is 38.3 Å². The van der Waals surface area contributed by atoms with Gasteiger partial charge in [-0.1, -0.05) is 0 Å². The zero-order valence-electron chi connectivity index (χ0n) is 17.5. The van der Waals surface area contributed by atoms with Gasteiger partial charge in [0.1, 0.15) is 12.6 Å². The number of benzene rings is 1. The Morgan fingerprint density at radius 2 is 1.93 bits per heavy atom. The predicted octanol–water partition coefficient (Wildman–Crippen LogP) is 0.837. The van der Waals surface area contributed by atoms with Crippen molar-refractivity contribution in [3.8, 4) is 0 Å². The van der Waals surface area contributed by atoms with E-state index < -0.39 is 0 Å². The van der Waals surface area contributed by atoms with Crippen LogP contribution in [0.25, 0.3) is 0 Å². The van der Waals surface area contributed by atoms with E-state index in [-0.39, 0.29) is 17.9 Å². The predicted molar refractivity (Wildman–Crippen MR) is 113 cm³/mol. The van der Waals surface area contributed by atoms with Gasteiger partial charge < -0.3 is 9.69 Å². The summed E-state index contributed by atoms with van der Waals surface area (Å²) in [6.45, 7) is 5.08. The van der Waals surface area contributed by atoms with Gasteiger partial charge in [0, 0.05) is 56.8 Å². The molecule has 1 N–H and O–H groups in total. The second kappa shape index (κ2) is 10.4. The lowest BCUT2D eigenvalue weighted by molar-refractivity contribution is -0.137. The molecule has 2 aliphatic rings. The van der Waals surface area contributed by atoms with Gasteiger partial charge in [-0.3, -0.25) is 29.5 Å². The Balaban J connectivity index is 1.64. The number of unbranched alkanes of at least 4 members (excludes halogenated alkanes) is 1. The summed E-state index contributed by atoms with van der Waals surface area (Å²) in [5.41, 5.74) is 2.56. The minimum Gasteiger partial charge on any atom is -0.369 e. The molecule has 0 saturated carbocycles. The molecule has 2 heterocycles. The molecule has 2 fully saturated rings. The third kappa shape index (κ3) is 5.52. The zero-order chi connectivity index (χ0) is 21.5. The fourth-order valence-electron chi connectivity index (χ4n) is 4.15. The number of hydrogen-bond acceptors (Lipinski definition) is 7. The van der Waals surface area contributed by atoms with Crippen molar-refractivity contribution in [3.63, 3.8) is 0 Å². The van der Waals surface area contributed by atoms with E-state index in [4.69, 9.17) is 0 Å². The van der Waals surface area contributed by atoms with Crippen LogP contribution in [-0.4, -0.2) is 80.0 Å². The molecule has 2 saturated heterocycles. The minimum atomic E-state index is -0.374. The number of carbonyl (C=O) groups excluding carboxylic acids is 4. The Kier molecular flexibility index (Phi) is 7.70. The van der Waals surface area contributed by atoms with Gasteiger partial charge in [-0.05, 0) is 50.2 Å². The van der Waals surface area contributed by atoms with Crippen LogP contribution in [0.2, 0.25) is 0 Å². The van der Waals surface area contributed by atoms with Crippen LogP contribution in [0.15, 0.2) is 18.2 Å². The van der Waals surface area contributed by atoms with Crippen molar-refractivity contribution < 1.29 is 19.2 Å². The molecule has 1 aromatic rings. The summed E-state index contributed by atoms with van der Waals surface area (Å²) < 4.78 is 0. The van der Waals surface area contributed by atoms with Gasteiger partial charge in [0.15, 0.2) is 0 Å². The standard InChI is InChI=1S/C22H30N4O4/c1-24(20-6-7-21(29)23-22(20)30)15-18-14-19(5-4-17(18)16-28)26-11-9-25(10-12-26)8-2-3-13-27/h4-5,13-14,16,20H,2-3,6-12,15H2,1H3,(H,23,29,30). The zero-order valence-corrected chi connectivity index (χ0v) is 17.5. The van der Waals surface area contributed by atoms with E-state index >= 15 is 0 Å². The average Bonchev–Trinajstić information content (AvgIpc) is 2.74. The third-order valence-electron chi connectivity index (χ3n) is 5.95. The molecule has 3 rings (SSSR count). The van der Waals surface area contributed by atoms with E-state index in [9.17, 15) is 19.2 Å². The maximum Gasteiger partial charge on any atom is 0.243 e. The number of imide groups is 1. The Labute approximate surface area is 177 Å². The van der Waals surface area contributed by atoms with Crippen molar-refractivity contribution in [3.05, 3.63) is 29.3 Å². The van der Waals surface area contributed by atoms with E-state index in [1.54, 1.807) is 0 Å². The molecular weight excluding hydrogens is 384 g/mol. The molecule has 0 aliphatic carbocycles. The highest BCUT2D eigenvalue weighted by Crippen LogP contribution is 2.23. The Bertz CT molecular complexity index is 789. The third-order valence-corrected chi connectivity index (χ3v) is 5.95. The summed E-state index contributed by atoms with van der Waals surface area (Å²) in [6.07, 6.45) is 4.15. The molecule has 0 aromatic heterocycles. The summed E-state index contributed by atoms with van der Waals surface area (Å²) in [4.78, 5) is 52.2. The van der Waals surface area contributed by atoms with E-state index in [2.05, 4.69) is 15.1 Å². The fraction of sp³-hybridized carbons (Fsp3) is 0.545. The highest BCUT2D eigenvalue weighted by Gasteiger charge is 2.30. The molecule has 30 heavy (non-hydrogen) atoms. The maximum absolute atomic E-state index is 12.2. The van der Waals surface area contributed by atoms with Crippen molar-refractivity contribution >= 4 is 30.1 Å². The molecule has 0 radical (unpaired) electrons. The summed E-state index contributed by atoms with van der Waals surface area (Å²) in [7, 11) is 1.85. The van der Waals surface area contributed by atoms with E-state index in [1.165, 1.54) is 0 Å². The minimum absolute atomic E-state index is 0.231. The molecule has 2 amide bonds. The highest BCUT2D eigenvalue weighted by molar-refractivity contribution is 6.00. The average molecular weight is 415 g/mol. The van der Waals surface area contributed by atoms with Crippen LogP contribution >= 0.6 is 0 Å². The Morgan fingerprint density at radius 3 is 2.60 bits per heavy atom. The number of anilines is 1. The summed E-state index contributed by atoms with van der Waals surface area (Å²) in [6, 6.07) is 5.47. The maximum atomic E-state index is 12.2. The number of likely N-dealkylation sites (N-methyl/N-ethyl adjacent to an activating group) is 1. The molecule has 0 spiro atoms. The van der Waals surface area contributed by atoms with Crippen LogP contribution < -0.4 is 10.2 Å². The first-order chi connectivity index (χ1) is 14.5. The number of aldehydes is 2. The van der Waals surface area contributed by atoms with Crippen molar-refractivity contribution in [2.75, 3.05) is 44.7 Å². The molecule has 1 atom stereocenters. The van der Waals surface area contributed by atoms with Crippen LogP contribution in [0.5, 0.6) is 0 Å². The molecule has 0 bridgehead atoms. The van der Waals surface area contributed by atoms with E-state index in [0.717, 1.165) is 63.0 Å². The lowest BCUT2D eigenvalue weighted by atomic mass is 10.0. The van der Waals surface area contributed by atoms with E-state index in [1.807, 2.05) is 30.1 Å². The monoisotopic (exact) mass is 414 g/mol. The molecule has 8 heteroatoms. The first-order valence-electron chi connectivity index (χ1n) is 10.5. The molecule has 1 unspecified atom stereocenters. The van der Waals surface area contributed by atoms with Crippen LogP contribution in [0, 0.1) is 0 Å². The second-order valence-electron chi connectivity index (χ2n) is 8.02. The van der Waals surface area contributed by atoms with Crippen molar-refractivity contribution in [1.29, 1.82) is 0 Å². The highest BCUT2D eigenvalue weighted by atomic mass is 16.2. The van der Waals surface area contributed by atoms with Crippen LogP contribution in [-0.2, 0) is 20.9 Å². The number of amides is 2. The van der Waals surface area contributed by atoms with Gasteiger partial charge in [0.2, 0.25) is 11.8 Å². The Hall–Kier alpha value is -2.58. The molecule has 1 aromatic carbocycles. The van der Waals surface area contributed by atoms with Crippen LogP contribution in [0.3, 0.4) is 0 Å². The van der Waals surface area contributed by atoms with Crippen LogP contribution in [0.1, 0.15) is 41.6 Å². The molecular formula is C22H30N4O4. The SMILES string of the molecule is CN(Cc1cc(N2CCN(CCCC=O)CC2)ccc1C=O)C1CCC(=O)NC1=O. The number of nitrogens with zero attached hydrogens (tertiary/aromatic N) is 3. The first kappa shape index (κ1) is 22.1. The summed E-state index contributed by atoms with van der Waals surface area (Å²) in [5.74, 6) is -0.506. The quantitative estimate of drug-likeness (QED) is 0.364. The largest absolute Gasteiger partial charge is 0.369 e. The number of piperidine rings is 1. The van der Waals surface area contributed by atoms with Gasteiger partial charge in [-0.2, -0.15) is 0 Å². The smallest absolute Gasteiger partial charge is 0.243 e. The summed E-state index contributed by atoms with van der Waals surface area (Å²) >= 11 is 0. The number of rotatable bonds is 9. The normalized spacial score (nSPS) is 20.3. The van der Waals surface area contributed by atoms with Crippen molar-refractivity contribution in [1.82, 2.24) is 15.1 Å². The van der Waals surface area contributed by atoms with Gasteiger partial charge >= 0.3 is 0 Å². The van der Waals surface area contributed by atoms with Gasteiger partial charge in [-0.25, -0.2) is 0 Å². The lowest BCUT2D eigenvalue weighted by Gasteiger charge is -2.36. The number of piperazine rings is 1. The summed E-state index contributed by atoms with van der Waals surface area (Å²) in [5, 5.41) is 2.39. The fourth-order valence-corrected chi connectivity index (χ4v) is 4.15.